The molecule has 0 saturated heterocycles. The lowest BCUT2D eigenvalue weighted by molar-refractivity contribution is -0.144. The van der Waals surface area contributed by atoms with E-state index in [-0.39, 0.29) is 30.3 Å². The second-order valence-corrected chi connectivity index (χ2v) is 9.50. The van der Waals surface area contributed by atoms with E-state index in [1.165, 1.54) is 21.6 Å². The number of amides is 2. The van der Waals surface area contributed by atoms with Gasteiger partial charge in [-0.2, -0.15) is 0 Å². The largest absolute Gasteiger partial charge is 0.333 e. The minimum atomic E-state index is -0.0698. The van der Waals surface area contributed by atoms with Gasteiger partial charge >= 0.3 is 0 Å². The number of hydrogen-bond acceptors (Lipinski definition) is 3. The molecule has 1 aromatic carbocycles. The predicted octanol–water partition coefficient (Wildman–Crippen LogP) is 5.60. The second-order valence-electron chi connectivity index (χ2n) is 8.50. The van der Waals surface area contributed by atoms with Crippen LogP contribution in [0.3, 0.4) is 0 Å². The number of nitrogens with zero attached hydrogens (tertiary/aromatic N) is 2. The SMILES string of the molecule is CCCCC(CC)C(=O)N(CC)CC(=O)N1CCc2sccc2C1c1ccccc1C. The van der Waals surface area contributed by atoms with E-state index >= 15 is 0 Å². The van der Waals surface area contributed by atoms with Crippen molar-refractivity contribution in [3.63, 3.8) is 0 Å². The number of hydrogen-bond donors (Lipinski definition) is 0. The molecule has 0 N–H and O–H groups in total. The summed E-state index contributed by atoms with van der Waals surface area (Å²) in [6.45, 7) is 9.75. The maximum absolute atomic E-state index is 13.6. The van der Waals surface area contributed by atoms with Crippen LogP contribution in [0.5, 0.6) is 0 Å². The van der Waals surface area contributed by atoms with Gasteiger partial charge in [-0.1, -0.05) is 51.0 Å². The molecule has 0 spiro atoms. The van der Waals surface area contributed by atoms with Crippen LogP contribution in [-0.4, -0.2) is 41.2 Å². The van der Waals surface area contributed by atoms with Gasteiger partial charge in [-0.25, -0.2) is 0 Å². The molecule has 1 aliphatic rings. The Kier molecular flexibility index (Phi) is 8.30. The van der Waals surface area contributed by atoms with Crippen molar-refractivity contribution in [3.05, 3.63) is 57.3 Å². The summed E-state index contributed by atoms with van der Waals surface area (Å²) in [5, 5.41) is 2.13. The Labute approximate surface area is 191 Å². The molecular weight excluding hydrogens is 404 g/mol. The van der Waals surface area contributed by atoms with Gasteiger partial charge in [-0.05, 0) is 61.2 Å². The Bertz CT molecular complexity index is 891. The lowest BCUT2D eigenvalue weighted by Crippen LogP contribution is -2.48. The quantitative estimate of drug-likeness (QED) is 0.509. The average Bonchev–Trinajstić information content (AvgIpc) is 3.26. The van der Waals surface area contributed by atoms with E-state index in [4.69, 9.17) is 0 Å². The van der Waals surface area contributed by atoms with Crippen molar-refractivity contribution in [2.45, 2.75) is 65.8 Å². The van der Waals surface area contributed by atoms with Crippen LogP contribution in [-0.2, 0) is 16.0 Å². The molecule has 2 amide bonds. The number of carbonyl (C=O) groups is 2. The Balaban J connectivity index is 1.83. The monoisotopic (exact) mass is 440 g/mol. The number of carbonyl (C=O) groups excluding carboxylic acids is 2. The molecule has 4 nitrogen and oxygen atoms in total. The van der Waals surface area contributed by atoms with E-state index < -0.39 is 0 Å². The first-order chi connectivity index (χ1) is 15.0. The highest BCUT2D eigenvalue weighted by atomic mass is 32.1. The van der Waals surface area contributed by atoms with Crippen LogP contribution >= 0.6 is 11.3 Å². The van der Waals surface area contributed by atoms with Crippen LogP contribution in [0.25, 0.3) is 0 Å². The molecule has 168 valence electrons. The molecule has 1 aromatic heterocycles. The molecule has 0 saturated carbocycles. The molecule has 3 rings (SSSR count). The Morgan fingerprint density at radius 1 is 1.16 bits per heavy atom. The van der Waals surface area contributed by atoms with Gasteiger partial charge in [0.1, 0.15) is 0 Å². The second kappa shape index (κ2) is 10.9. The molecule has 5 heteroatoms. The number of unbranched alkanes of at least 4 members (excludes halogenated alkanes) is 1. The molecule has 0 fully saturated rings. The van der Waals surface area contributed by atoms with Crippen LogP contribution in [0, 0.1) is 12.8 Å². The zero-order chi connectivity index (χ0) is 22.4. The molecule has 2 unspecified atom stereocenters. The highest BCUT2D eigenvalue weighted by Crippen LogP contribution is 2.39. The third kappa shape index (κ3) is 5.20. The Morgan fingerprint density at radius 2 is 1.94 bits per heavy atom. The van der Waals surface area contributed by atoms with Gasteiger partial charge < -0.3 is 9.80 Å². The van der Waals surface area contributed by atoms with Gasteiger partial charge in [-0.3, -0.25) is 9.59 Å². The summed E-state index contributed by atoms with van der Waals surface area (Å²) in [6.07, 6.45) is 4.76. The highest BCUT2D eigenvalue weighted by Gasteiger charge is 2.35. The van der Waals surface area contributed by atoms with Crippen LogP contribution in [0.4, 0.5) is 0 Å². The molecule has 2 heterocycles. The van der Waals surface area contributed by atoms with Crippen molar-refractivity contribution in [3.8, 4) is 0 Å². The molecule has 0 bridgehead atoms. The summed E-state index contributed by atoms with van der Waals surface area (Å²) in [4.78, 5) is 31.8. The summed E-state index contributed by atoms with van der Waals surface area (Å²) >= 11 is 1.78. The first-order valence-electron chi connectivity index (χ1n) is 11.7. The predicted molar refractivity (Wildman–Crippen MR) is 128 cm³/mol. The summed E-state index contributed by atoms with van der Waals surface area (Å²) < 4.78 is 0. The van der Waals surface area contributed by atoms with Gasteiger partial charge in [0.2, 0.25) is 11.8 Å². The number of benzene rings is 1. The Hall–Kier alpha value is -2.14. The fourth-order valence-corrected chi connectivity index (χ4v) is 5.53. The molecule has 0 radical (unpaired) electrons. The minimum Gasteiger partial charge on any atom is -0.333 e. The van der Waals surface area contributed by atoms with Crippen molar-refractivity contribution in [2.24, 2.45) is 5.92 Å². The highest BCUT2D eigenvalue weighted by molar-refractivity contribution is 7.10. The number of thiophene rings is 1. The van der Waals surface area contributed by atoms with Gasteiger partial charge in [0.15, 0.2) is 0 Å². The number of fused-ring (bicyclic) bond motifs is 1. The van der Waals surface area contributed by atoms with Gasteiger partial charge in [0.25, 0.3) is 0 Å². The smallest absolute Gasteiger partial charge is 0.242 e. The van der Waals surface area contributed by atoms with Crippen molar-refractivity contribution >= 4 is 23.2 Å². The van der Waals surface area contributed by atoms with Crippen LogP contribution in [0.2, 0.25) is 0 Å². The molecule has 0 aliphatic carbocycles. The van der Waals surface area contributed by atoms with E-state index in [2.05, 4.69) is 44.4 Å². The van der Waals surface area contributed by atoms with E-state index in [0.29, 0.717) is 13.1 Å². The number of aryl methyl sites for hydroxylation is 1. The molecular formula is C26H36N2O2S. The van der Waals surface area contributed by atoms with E-state index in [1.807, 2.05) is 24.0 Å². The molecule has 2 atom stereocenters. The summed E-state index contributed by atoms with van der Waals surface area (Å²) in [5.41, 5.74) is 3.61. The summed E-state index contributed by atoms with van der Waals surface area (Å²) in [5.74, 6) is 0.197. The van der Waals surface area contributed by atoms with Gasteiger partial charge in [-0.15, -0.1) is 11.3 Å². The van der Waals surface area contributed by atoms with Crippen molar-refractivity contribution in [1.29, 1.82) is 0 Å². The lowest BCUT2D eigenvalue weighted by Gasteiger charge is -2.38. The first-order valence-corrected chi connectivity index (χ1v) is 12.6. The van der Waals surface area contributed by atoms with Crippen molar-refractivity contribution in [2.75, 3.05) is 19.6 Å². The fourth-order valence-electron chi connectivity index (χ4n) is 4.62. The maximum Gasteiger partial charge on any atom is 0.242 e. The summed E-state index contributed by atoms with van der Waals surface area (Å²) in [6, 6.07) is 10.4. The third-order valence-electron chi connectivity index (χ3n) is 6.54. The van der Waals surface area contributed by atoms with Crippen molar-refractivity contribution in [1.82, 2.24) is 9.80 Å². The van der Waals surface area contributed by atoms with Gasteiger partial charge in [0, 0.05) is 23.9 Å². The zero-order valence-corrected chi connectivity index (χ0v) is 20.2. The number of likely N-dealkylation sites (N-methyl/N-ethyl adjacent to an activating group) is 1. The standard InChI is InChI=1S/C26H36N2O2S/c1-5-8-12-20(6-2)26(30)27(7-3)18-24(29)28-16-14-23-22(15-17-31-23)25(28)21-13-10-9-11-19(21)4/h9-11,13,15,17,20,25H,5-8,12,14,16,18H2,1-4H3. The van der Waals surface area contributed by atoms with E-state index in [9.17, 15) is 9.59 Å². The van der Waals surface area contributed by atoms with Gasteiger partial charge in [0.05, 0.1) is 12.6 Å². The molecule has 2 aromatic rings. The van der Waals surface area contributed by atoms with E-state index in [0.717, 1.165) is 32.1 Å². The maximum atomic E-state index is 13.6. The average molecular weight is 441 g/mol. The van der Waals surface area contributed by atoms with E-state index in [1.54, 1.807) is 16.2 Å². The van der Waals surface area contributed by atoms with Crippen LogP contribution < -0.4 is 0 Å². The topological polar surface area (TPSA) is 40.6 Å². The number of rotatable bonds is 9. The fraction of sp³-hybridized carbons (Fsp3) is 0.538. The molecule has 1 aliphatic heterocycles. The normalized spacial score (nSPS) is 16.6. The van der Waals surface area contributed by atoms with Crippen molar-refractivity contribution < 1.29 is 9.59 Å². The van der Waals surface area contributed by atoms with Crippen LogP contribution in [0.15, 0.2) is 35.7 Å². The summed E-state index contributed by atoms with van der Waals surface area (Å²) in [7, 11) is 0. The third-order valence-corrected chi connectivity index (χ3v) is 7.53. The van der Waals surface area contributed by atoms with Crippen LogP contribution in [0.1, 0.15) is 74.1 Å². The Morgan fingerprint density at radius 3 is 2.61 bits per heavy atom. The minimum absolute atomic E-state index is 0.0182. The first kappa shape index (κ1) is 23.5. The molecule has 31 heavy (non-hydrogen) atoms. The lowest BCUT2D eigenvalue weighted by atomic mass is 9.90. The zero-order valence-electron chi connectivity index (χ0n) is 19.4.